The Labute approximate surface area is 128 Å². The molecule has 1 aromatic carbocycles. The molecular weight excluding hydrogens is 310 g/mol. The van der Waals surface area contributed by atoms with E-state index in [1.54, 1.807) is 12.1 Å². The average molecular weight is 320 g/mol. The molecular formula is C15H10F2N2O4. The maximum absolute atomic E-state index is 13.6. The molecule has 3 rings (SSSR count). The van der Waals surface area contributed by atoms with Crippen molar-refractivity contribution in [1.82, 2.24) is 9.38 Å². The third kappa shape index (κ3) is 2.91. The number of aromatic nitrogens is 2. The molecule has 0 unspecified atom stereocenters. The van der Waals surface area contributed by atoms with Crippen molar-refractivity contribution in [3.05, 3.63) is 59.9 Å². The molecule has 6 nitrogen and oxygen atoms in total. The molecule has 0 aliphatic heterocycles. The molecule has 8 heteroatoms. The predicted octanol–water partition coefficient (Wildman–Crippen LogP) is 3.25. The van der Waals surface area contributed by atoms with E-state index in [1.165, 1.54) is 22.9 Å². The molecule has 0 aliphatic carbocycles. The number of rotatable bonds is 4. The Morgan fingerprint density at radius 2 is 1.96 bits per heavy atom. The van der Waals surface area contributed by atoms with Crippen molar-refractivity contribution in [2.45, 2.75) is 6.61 Å². The van der Waals surface area contributed by atoms with Gasteiger partial charge in [0.1, 0.15) is 18.2 Å². The van der Waals surface area contributed by atoms with Crippen molar-refractivity contribution in [2.75, 3.05) is 0 Å². The van der Waals surface area contributed by atoms with Crippen molar-refractivity contribution < 1.29 is 28.2 Å². The van der Waals surface area contributed by atoms with Crippen LogP contribution >= 0.6 is 0 Å². The molecule has 0 fully saturated rings. The third-order valence-electron chi connectivity index (χ3n) is 3.09. The molecule has 0 atom stereocenters. The first kappa shape index (κ1) is 14.8. The summed E-state index contributed by atoms with van der Waals surface area (Å²) in [5.41, 5.74) is 0.0589. The van der Waals surface area contributed by atoms with Gasteiger partial charge >= 0.3 is 6.16 Å². The van der Waals surface area contributed by atoms with Crippen LogP contribution in [-0.2, 0) is 6.61 Å². The van der Waals surface area contributed by atoms with Crippen molar-refractivity contribution in [3.8, 4) is 11.6 Å². The van der Waals surface area contributed by atoms with Crippen LogP contribution in [0.2, 0.25) is 0 Å². The Kier molecular flexibility index (Phi) is 3.80. The lowest BCUT2D eigenvalue weighted by Gasteiger charge is -2.09. The summed E-state index contributed by atoms with van der Waals surface area (Å²) in [6.07, 6.45) is 1.25. The Bertz CT molecular complexity index is 859. The minimum Gasteiger partial charge on any atom is -0.485 e. The number of nitrogens with zero attached hydrogens (tertiary/aromatic N) is 2. The lowest BCUT2D eigenvalue weighted by Crippen LogP contribution is -2.05. The molecule has 1 N–H and O–H groups in total. The molecule has 2 heterocycles. The maximum atomic E-state index is 13.6. The van der Waals surface area contributed by atoms with Crippen LogP contribution in [0.1, 0.15) is 5.56 Å². The van der Waals surface area contributed by atoms with Crippen LogP contribution in [0, 0.1) is 11.6 Å². The first-order valence-corrected chi connectivity index (χ1v) is 6.49. The lowest BCUT2D eigenvalue weighted by atomic mass is 10.2. The molecule has 0 amide bonds. The topological polar surface area (TPSA) is 73.1 Å². The minimum atomic E-state index is -1.48. The number of hydrogen-bond donors (Lipinski definition) is 1. The Balaban J connectivity index is 1.89. The monoisotopic (exact) mass is 320 g/mol. The van der Waals surface area contributed by atoms with Crippen molar-refractivity contribution in [3.63, 3.8) is 0 Å². The van der Waals surface area contributed by atoms with E-state index >= 15 is 0 Å². The minimum absolute atomic E-state index is 0.0185. The Morgan fingerprint density at radius 1 is 1.22 bits per heavy atom. The van der Waals surface area contributed by atoms with Gasteiger partial charge in [-0.25, -0.2) is 18.6 Å². The standard InChI is InChI=1S/C15H10F2N2O4/c16-10-3-1-4-11(17)9(10)8-22-12-5-2-6-19-13(23-15(20)21)7-18-14(12)19/h1-7H,8H2,(H,20,21). The molecule has 2 aromatic heterocycles. The van der Waals surface area contributed by atoms with E-state index in [1.807, 2.05) is 0 Å². The van der Waals surface area contributed by atoms with Crippen LogP contribution < -0.4 is 9.47 Å². The van der Waals surface area contributed by atoms with Crippen LogP contribution in [-0.4, -0.2) is 20.6 Å². The van der Waals surface area contributed by atoms with Gasteiger partial charge in [-0.3, -0.25) is 4.40 Å². The van der Waals surface area contributed by atoms with Gasteiger partial charge in [0.2, 0.25) is 5.88 Å². The first-order chi connectivity index (χ1) is 11.1. The van der Waals surface area contributed by atoms with Gasteiger partial charge in [-0.15, -0.1) is 0 Å². The summed E-state index contributed by atoms with van der Waals surface area (Å²) in [6, 6.07) is 6.65. The van der Waals surface area contributed by atoms with Gasteiger partial charge in [0.25, 0.3) is 0 Å². The van der Waals surface area contributed by atoms with Gasteiger partial charge in [-0.1, -0.05) is 6.07 Å². The molecule has 0 aliphatic rings. The zero-order valence-electron chi connectivity index (χ0n) is 11.6. The highest BCUT2D eigenvalue weighted by molar-refractivity contribution is 5.62. The zero-order valence-corrected chi connectivity index (χ0v) is 11.6. The van der Waals surface area contributed by atoms with E-state index in [2.05, 4.69) is 9.72 Å². The Morgan fingerprint density at radius 3 is 2.65 bits per heavy atom. The summed E-state index contributed by atoms with van der Waals surface area (Å²) in [6.45, 7) is -0.333. The molecule has 3 aromatic rings. The first-order valence-electron chi connectivity index (χ1n) is 6.49. The SMILES string of the molecule is O=C(O)Oc1cnc2c(OCc3c(F)cccc3F)cccn12. The van der Waals surface area contributed by atoms with Gasteiger partial charge in [0, 0.05) is 6.20 Å². The summed E-state index contributed by atoms with van der Waals surface area (Å²) >= 11 is 0. The summed E-state index contributed by atoms with van der Waals surface area (Å²) < 4.78 is 38.5. The number of ether oxygens (including phenoxy) is 2. The molecule has 0 spiro atoms. The number of benzene rings is 1. The van der Waals surface area contributed by atoms with Gasteiger partial charge in [0.15, 0.2) is 11.4 Å². The number of halogens is 2. The van der Waals surface area contributed by atoms with Gasteiger partial charge in [-0.2, -0.15) is 0 Å². The van der Waals surface area contributed by atoms with Crippen LogP contribution in [0.15, 0.2) is 42.7 Å². The second kappa shape index (κ2) is 5.91. The second-order valence-electron chi connectivity index (χ2n) is 4.52. The summed E-state index contributed by atoms with van der Waals surface area (Å²) in [4.78, 5) is 14.6. The number of imidazole rings is 1. The quantitative estimate of drug-likeness (QED) is 0.747. The van der Waals surface area contributed by atoms with E-state index in [9.17, 15) is 13.6 Å². The number of carbonyl (C=O) groups is 1. The van der Waals surface area contributed by atoms with Crippen molar-refractivity contribution in [1.29, 1.82) is 0 Å². The zero-order chi connectivity index (χ0) is 16.4. The van der Waals surface area contributed by atoms with E-state index in [0.717, 1.165) is 12.1 Å². The van der Waals surface area contributed by atoms with Gasteiger partial charge in [0.05, 0.1) is 11.8 Å². The number of fused-ring (bicyclic) bond motifs is 1. The summed E-state index contributed by atoms with van der Waals surface area (Å²) in [5.74, 6) is -1.21. The fourth-order valence-electron chi connectivity index (χ4n) is 2.06. The highest BCUT2D eigenvalue weighted by atomic mass is 19.1. The molecule has 23 heavy (non-hydrogen) atoms. The second-order valence-corrected chi connectivity index (χ2v) is 4.52. The summed E-state index contributed by atoms with van der Waals surface area (Å²) in [5, 5.41) is 8.65. The molecule has 118 valence electrons. The van der Waals surface area contributed by atoms with Crippen LogP contribution in [0.3, 0.4) is 0 Å². The fraction of sp³-hybridized carbons (Fsp3) is 0.0667. The predicted molar refractivity (Wildman–Crippen MR) is 74.5 cm³/mol. The number of hydrogen-bond acceptors (Lipinski definition) is 4. The highest BCUT2D eigenvalue weighted by Crippen LogP contribution is 2.24. The van der Waals surface area contributed by atoms with E-state index < -0.39 is 17.8 Å². The van der Waals surface area contributed by atoms with Gasteiger partial charge < -0.3 is 14.6 Å². The smallest absolute Gasteiger partial charge is 0.485 e. The van der Waals surface area contributed by atoms with Crippen molar-refractivity contribution in [2.24, 2.45) is 0 Å². The van der Waals surface area contributed by atoms with Gasteiger partial charge in [-0.05, 0) is 24.3 Å². The van der Waals surface area contributed by atoms with E-state index in [-0.39, 0.29) is 29.4 Å². The van der Waals surface area contributed by atoms with Crippen LogP contribution in [0.4, 0.5) is 13.6 Å². The lowest BCUT2D eigenvalue weighted by molar-refractivity contribution is 0.142. The average Bonchev–Trinajstić information content (AvgIpc) is 2.90. The molecule has 0 saturated carbocycles. The Hall–Kier alpha value is -3.16. The normalized spacial score (nSPS) is 10.7. The summed E-state index contributed by atoms with van der Waals surface area (Å²) in [7, 11) is 0. The molecule has 0 saturated heterocycles. The maximum Gasteiger partial charge on any atom is 0.512 e. The molecule has 0 radical (unpaired) electrons. The third-order valence-corrected chi connectivity index (χ3v) is 3.09. The van der Waals surface area contributed by atoms with Crippen molar-refractivity contribution >= 4 is 11.8 Å². The van der Waals surface area contributed by atoms with Crippen LogP contribution in [0.5, 0.6) is 11.6 Å². The fourth-order valence-corrected chi connectivity index (χ4v) is 2.06. The molecule has 0 bridgehead atoms. The highest BCUT2D eigenvalue weighted by Gasteiger charge is 2.14. The largest absolute Gasteiger partial charge is 0.512 e. The van der Waals surface area contributed by atoms with E-state index in [0.29, 0.717) is 0 Å². The van der Waals surface area contributed by atoms with E-state index in [4.69, 9.17) is 9.84 Å². The van der Waals surface area contributed by atoms with Crippen LogP contribution in [0.25, 0.3) is 5.65 Å². The number of carboxylic acid groups (broad SMARTS) is 1. The number of pyridine rings is 1.